The van der Waals surface area contributed by atoms with E-state index in [0.717, 1.165) is 34.6 Å². The number of hydrogen-bond donors (Lipinski definition) is 2. The summed E-state index contributed by atoms with van der Waals surface area (Å²) in [7, 11) is 0. The van der Waals surface area contributed by atoms with Crippen LogP contribution < -0.4 is 20.1 Å². The molecule has 0 aliphatic carbocycles. The van der Waals surface area contributed by atoms with Gasteiger partial charge in [0, 0.05) is 23.9 Å². The normalized spacial score (nSPS) is 17.1. The summed E-state index contributed by atoms with van der Waals surface area (Å²) in [6.45, 7) is -1.77. The molecular formula is C26H23F9N4O3. The Morgan fingerprint density at radius 2 is 1.64 bits per heavy atom. The number of benzene rings is 2. The summed E-state index contributed by atoms with van der Waals surface area (Å²) in [5.41, 5.74) is 1.06. The van der Waals surface area contributed by atoms with Crippen LogP contribution in [-0.4, -0.2) is 53.9 Å². The first-order valence-electron chi connectivity index (χ1n) is 12.3. The summed E-state index contributed by atoms with van der Waals surface area (Å²) >= 11 is 0. The van der Waals surface area contributed by atoms with Gasteiger partial charge in [-0.25, -0.2) is 22.2 Å². The number of aryl methyl sites for hydroxylation is 1. The number of halogens is 9. The second kappa shape index (κ2) is 12.0. The number of amides is 1. The van der Waals surface area contributed by atoms with Gasteiger partial charge in [0.2, 0.25) is 0 Å². The zero-order chi connectivity index (χ0) is 30.8. The smallest absolute Gasteiger partial charge is 0.422 e. The lowest BCUT2D eigenvalue weighted by atomic mass is 9.96. The number of fused-ring (bicyclic) bond motifs is 1. The molecule has 0 saturated heterocycles. The van der Waals surface area contributed by atoms with Gasteiger partial charge >= 0.3 is 18.5 Å². The molecule has 2 aromatic carbocycles. The topological polar surface area (TPSA) is 77.4 Å². The zero-order valence-corrected chi connectivity index (χ0v) is 21.6. The van der Waals surface area contributed by atoms with Crippen molar-refractivity contribution in [3.63, 3.8) is 0 Å². The Labute approximate surface area is 232 Å². The summed E-state index contributed by atoms with van der Waals surface area (Å²) in [5, 5.41) is 9.23. The fourth-order valence-electron chi connectivity index (χ4n) is 4.13. The first-order valence-corrected chi connectivity index (χ1v) is 12.3. The van der Waals surface area contributed by atoms with Crippen molar-refractivity contribution in [3.8, 4) is 11.5 Å². The third-order valence-electron chi connectivity index (χ3n) is 6.20. The molecule has 0 bridgehead atoms. The molecule has 0 radical (unpaired) electrons. The van der Waals surface area contributed by atoms with E-state index in [1.165, 1.54) is 0 Å². The van der Waals surface area contributed by atoms with E-state index in [9.17, 15) is 44.3 Å². The quantitative estimate of drug-likeness (QED) is 0.241. The van der Waals surface area contributed by atoms with Crippen LogP contribution in [0.3, 0.4) is 0 Å². The van der Waals surface area contributed by atoms with E-state index >= 15 is 0 Å². The predicted molar refractivity (Wildman–Crippen MR) is 132 cm³/mol. The zero-order valence-electron chi connectivity index (χ0n) is 21.6. The summed E-state index contributed by atoms with van der Waals surface area (Å²) < 4.78 is 128. The van der Waals surface area contributed by atoms with E-state index < -0.39 is 67.7 Å². The average Bonchev–Trinajstić information content (AvgIpc) is 3.34. The van der Waals surface area contributed by atoms with Crippen LogP contribution in [0.1, 0.15) is 40.0 Å². The van der Waals surface area contributed by atoms with Crippen molar-refractivity contribution >= 4 is 17.4 Å². The summed E-state index contributed by atoms with van der Waals surface area (Å²) in [4.78, 5) is 13.2. The van der Waals surface area contributed by atoms with E-state index in [0.29, 0.717) is 5.56 Å². The lowest BCUT2D eigenvalue weighted by Crippen LogP contribution is -2.33. The van der Waals surface area contributed by atoms with Crippen molar-refractivity contribution in [3.05, 3.63) is 65.4 Å². The minimum absolute atomic E-state index is 0.0565. The standard InChI is InChI=1S/C26H23F9N4O3/c1-13-2-4-14(5-3-13)19-9-20(21(27)28)39-22(38-19)18(10-36-39)23(40)37-15-6-16(41-11-25(31,32)24(29)30)8-17(7-15)42-12-26(33,34)35/h2-8,10,19-21,24,38H,9,11-12H2,1H3,(H,37,40)/t19-,20+/m1/s1. The van der Waals surface area contributed by atoms with Crippen molar-refractivity contribution < 1.29 is 53.8 Å². The van der Waals surface area contributed by atoms with Gasteiger partial charge in [0.05, 0.1) is 12.2 Å². The first kappa shape index (κ1) is 30.8. The number of carbonyl (C=O) groups is 1. The maximum atomic E-state index is 14.0. The van der Waals surface area contributed by atoms with Crippen molar-refractivity contribution in [1.82, 2.24) is 9.78 Å². The largest absolute Gasteiger partial charge is 0.487 e. The van der Waals surface area contributed by atoms with Gasteiger partial charge in [-0.3, -0.25) is 4.79 Å². The third-order valence-corrected chi connectivity index (χ3v) is 6.20. The van der Waals surface area contributed by atoms with Crippen molar-refractivity contribution in [2.24, 2.45) is 0 Å². The van der Waals surface area contributed by atoms with Crippen molar-refractivity contribution in [2.75, 3.05) is 23.8 Å². The molecule has 2 N–H and O–H groups in total. The van der Waals surface area contributed by atoms with Gasteiger partial charge < -0.3 is 20.1 Å². The Bertz CT molecular complexity index is 1390. The highest BCUT2D eigenvalue weighted by atomic mass is 19.4. The Kier molecular flexibility index (Phi) is 8.82. The van der Waals surface area contributed by atoms with E-state index in [2.05, 4.69) is 25.2 Å². The number of carbonyl (C=O) groups excluding carboxylic acids is 1. The summed E-state index contributed by atoms with van der Waals surface area (Å²) in [5.74, 6) is -6.81. The van der Waals surface area contributed by atoms with Crippen molar-refractivity contribution in [1.29, 1.82) is 0 Å². The van der Waals surface area contributed by atoms with E-state index in [1.807, 2.05) is 6.92 Å². The van der Waals surface area contributed by atoms with Crippen LogP contribution in [0.2, 0.25) is 0 Å². The molecule has 2 heterocycles. The van der Waals surface area contributed by atoms with Crippen LogP contribution in [0.4, 0.5) is 51.0 Å². The molecule has 4 rings (SSSR count). The summed E-state index contributed by atoms with van der Waals surface area (Å²) in [6.07, 6.45) is -10.8. The molecule has 0 spiro atoms. The molecule has 0 saturated carbocycles. The maximum absolute atomic E-state index is 14.0. The Morgan fingerprint density at radius 3 is 2.21 bits per heavy atom. The monoisotopic (exact) mass is 610 g/mol. The second-order valence-electron chi connectivity index (χ2n) is 9.50. The SMILES string of the molecule is Cc1ccc([C@H]2C[C@@H](C(F)F)n3ncc(C(=O)Nc4cc(OCC(F)(F)F)cc(OCC(F)(F)C(F)F)c4)c3N2)cc1. The fraction of sp³-hybridized carbons (Fsp3) is 0.385. The van der Waals surface area contributed by atoms with Gasteiger partial charge in [0.15, 0.2) is 13.2 Å². The summed E-state index contributed by atoms with van der Waals surface area (Å²) in [6, 6.07) is 7.58. The molecule has 0 unspecified atom stereocenters. The average molecular weight is 610 g/mol. The highest BCUT2D eigenvalue weighted by Gasteiger charge is 2.42. The first-order chi connectivity index (χ1) is 19.6. The van der Waals surface area contributed by atoms with Crippen LogP contribution in [0.15, 0.2) is 48.7 Å². The van der Waals surface area contributed by atoms with Crippen molar-refractivity contribution in [2.45, 2.75) is 50.4 Å². The lowest BCUT2D eigenvalue weighted by Gasteiger charge is -2.32. The molecular weight excluding hydrogens is 587 g/mol. The molecule has 1 aliphatic rings. The minimum Gasteiger partial charge on any atom is -0.487 e. The minimum atomic E-state index is -4.79. The van der Waals surface area contributed by atoms with E-state index in [1.54, 1.807) is 24.3 Å². The molecule has 42 heavy (non-hydrogen) atoms. The second-order valence-corrected chi connectivity index (χ2v) is 9.50. The molecule has 2 atom stereocenters. The van der Waals surface area contributed by atoms with Crippen LogP contribution in [0.5, 0.6) is 11.5 Å². The molecule has 16 heteroatoms. The molecule has 1 aromatic heterocycles. The van der Waals surface area contributed by atoms with Crippen LogP contribution in [-0.2, 0) is 0 Å². The van der Waals surface area contributed by atoms with Gasteiger partial charge in [0.25, 0.3) is 12.3 Å². The number of hydrogen-bond acceptors (Lipinski definition) is 5. The van der Waals surface area contributed by atoms with Crippen LogP contribution in [0.25, 0.3) is 0 Å². The lowest BCUT2D eigenvalue weighted by molar-refractivity contribution is -0.153. The molecule has 3 aromatic rings. The number of nitrogens with zero attached hydrogens (tertiary/aromatic N) is 2. The van der Waals surface area contributed by atoms with E-state index in [-0.39, 0.29) is 23.5 Å². The molecule has 7 nitrogen and oxygen atoms in total. The number of anilines is 2. The number of alkyl halides is 9. The maximum Gasteiger partial charge on any atom is 0.422 e. The van der Waals surface area contributed by atoms with Crippen LogP contribution >= 0.6 is 0 Å². The van der Waals surface area contributed by atoms with Gasteiger partial charge in [-0.15, -0.1) is 0 Å². The highest BCUT2D eigenvalue weighted by molar-refractivity contribution is 6.07. The molecule has 1 amide bonds. The van der Waals surface area contributed by atoms with Crippen LogP contribution in [0, 0.1) is 6.92 Å². The number of rotatable bonds is 10. The number of ether oxygens (including phenoxy) is 2. The molecule has 1 aliphatic heterocycles. The molecule has 0 fully saturated rings. The Hall–Kier alpha value is -4.11. The fourth-order valence-corrected chi connectivity index (χ4v) is 4.13. The van der Waals surface area contributed by atoms with Gasteiger partial charge in [-0.2, -0.15) is 27.1 Å². The highest BCUT2D eigenvalue weighted by Crippen LogP contribution is 2.40. The van der Waals surface area contributed by atoms with Gasteiger partial charge in [-0.1, -0.05) is 29.8 Å². The Morgan fingerprint density at radius 1 is 1.02 bits per heavy atom. The number of aromatic nitrogens is 2. The van der Waals surface area contributed by atoms with E-state index in [4.69, 9.17) is 0 Å². The number of nitrogens with one attached hydrogen (secondary N) is 2. The molecule has 228 valence electrons. The Balaban J connectivity index is 1.61. The predicted octanol–water partition coefficient (Wildman–Crippen LogP) is 7.03. The van der Waals surface area contributed by atoms with Gasteiger partial charge in [0.1, 0.15) is 28.9 Å². The van der Waals surface area contributed by atoms with Gasteiger partial charge in [-0.05, 0) is 18.9 Å². The third kappa shape index (κ3) is 7.39.